The van der Waals surface area contributed by atoms with Gasteiger partial charge in [-0.2, -0.15) is 0 Å². The van der Waals surface area contributed by atoms with Gasteiger partial charge in [0.15, 0.2) is 0 Å². The first-order valence-corrected chi connectivity index (χ1v) is 12.7. The summed E-state index contributed by atoms with van der Waals surface area (Å²) in [5, 5.41) is 2.81. The minimum absolute atomic E-state index is 0.151. The molecule has 36 heavy (non-hydrogen) atoms. The zero-order chi connectivity index (χ0) is 25.2. The van der Waals surface area contributed by atoms with E-state index in [-0.39, 0.29) is 24.7 Å². The molecule has 0 unspecified atom stereocenters. The van der Waals surface area contributed by atoms with E-state index in [0.29, 0.717) is 18.9 Å². The molecular weight excluding hydrogens is 457 g/mol. The number of halogens is 1. The van der Waals surface area contributed by atoms with Gasteiger partial charge in [0.05, 0.1) is 13.0 Å². The minimum atomic E-state index is -0.317. The zero-order valence-corrected chi connectivity index (χ0v) is 20.8. The third-order valence-corrected chi connectivity index (χ3v) is 6.23. The van der Waals surface area contributed by atoms with Crippen LogP contribution in [0.3, 0.4) is 0 Å². The average Bonchev–Trinajstić information content (AvgIpc) is 2.89. The lowest BCUT2D eigenvalue weighted by Crippen LogP contribution is -2.33. The number of carbonyl (C=O) groups excluding carboxylic acids is 1. The lowest BCUT2D eigenvalue weighted by Gasteiger charge is -2.26. The summed E-state index contributed by atoms with van der Waals surface area (Å²) in [6.45, 7) is 6.61. The van der Waals surface area contributed by atoms with Gasteiger partial charge in [-0.15, -0.1) is 0 Å². The lowest BCUT2D eigenvalue weighted by atomic mass is 10.1. The van der Waals surface area contributed by atoms with Crippen molar-refractivity contribution in [2.45, 2.75) is 39.2 Å². The van der Waals surface area contributed by atoms with Gasteiger partial charge < -0.3 is 14.8 Å². The van der Waals surface area contributed by atoms with E-state index in [2.05, 4.69) is 15.2 Å². The van der Waals surface area contributed by atoms with Gasteiger partial charge in [-0.1, -0.05) is 24.6 Å². The molecule has 2 heterocycles. The van der Waals surface area contributed by atoms with Gasteiger partial charge in [-0.25, -0.2) is 4.39 Å². The van der Waals surface area contributed by atoms with Crippen molar-refractivity contribution in [3.05, 3.63) is 77.9 Å². The number of ether oxygens (including phenoxy) is 2. The second-order valence-electron chi connectivity index (χ2n) is 8.96. The van der Waals surface area contributed by atoms with Crippen molar-refractivity contribution in [2.24, 2.45) is 0 Å². The third kappa shape index (κ3) is 7.52. The van der Waals surface area contributed by atoms with Crippen LogP contribution in [0.5, 0.6) is 11.5 Å². The first-order chi connectivity index (χ1) is 17.6. The molecule has 6 nitrogen and oxygen atoms in total. The standard InChI is InChI=1S/C29H34FN3O3/c1-2-35-26-11-12-27(28(19-26)36-16-15-33-13-4-3-5-14-33)23-9-10-25(31-21-23)18-29(34)32-20-22-7-6-8-24(30)17-22/h6-12,17,19,21H,2-5,13-16,18,20H2,1H3,(H,32,34). The Morgan fingerprint density at radius 3 is 2.67 bits per heavy atom. The van der Waals surface area contributed by atoms with E-state index in [1.807, 2.05) is 37.3 Å². The highest BCUT2D eigenvalue weighted by molar-refractivity contribution is 5.78. The van der Waals surface area contributed by atoms with Crippen LogP contribution in [-0.4, -0.2) is 48.6 Å². The van der Waals surface area contributed by atoms with Gasteiger partial charge in [-0.05, 0) is 68.8 Å². The van der Waals surface area contributed by atoms with Gasteiger partial charge in [0.1, 0.15) is 23.9 Å². The van der Waals surface area contributed by atoms with Crippen LogP contribution in [0, 0.1) is 5.82 Å². The quantitative estimate of drug-likeness (QED) is 0.409. The second-order valence-corrected chi connectivity index (χ2v) is 8.96. The number of hydrogen-bond donors (Lipinski definition) is 1. The van der Waals surface area contributed by atoms with E-state index in [1.165, 1.54) is 31.4 Å². The van der Waals surface area contributed by atoms with Gasteiger partial charge in [0.2, 0.25) is 5.91 Å². The maximum atomic E-state index is 13.3. The Kier molecular flexibility index (Phi) is 9.27. The molecule has 0 bridgehead atoms. The van der Waals surface area contributed by atoms with Gasteiger partial charge in [-0.3, -0.25) is 14.7 Å². The fourth-order valence-corrected chi connectivity index (χ4v) is 4.35. The predicted octanol–water partition coefficient (Wildman–Crippen LogP) is 5.01. The summed E-state index contributed by atoms with van der Waals surface area (Å²) in [7, 11) is 0. The molecule has 0 atom stereocenters. The Hall–Kier alpha value is -3.45. The molecule has 0 radical (unpaired) electrons. The number of carbonyl (C=O) groups is 1. The number of pyridine rings is 1. The van der Waals surface area contributed by atoms with Crippen molar-refractivity contribution in [1.29, 1.82) is 0 Å². The molecule has 3 aromatic rings. The summed E-state index contributed by atoms with van der Waals surface area (Å²) in [5.41, 5.74) is 3.23. The van der Waals surface area contributed by atoms with Crippen molar-refractivity contribution in [2.75, 3.05) is 32.8 Å². The molecule has 4 rings (SSSR count). The molecule has 1 saturated heterocycles. The summed E-state index contributed by atoms with van der Waals surface area (Å²) in [6.07, 6.45) is 5.74. The van der Waals surface area contributed by atoms with Crippen molar-refractivity contribution < 1.29 is 18.7 Å². The van der Waals surface area contributed by atoms with Crippen LogP contribution >= 0.6 is 0 Å². The number of likely N-dealkylation sites (tertiary alicyclic amines) is 1. The number of nitrogens with one attached hydrogen (secondary N) is 1. The molecule has 0 spiro atoms. The average molecular weight is 492 g/mol. The summed E-state index contributed by atoms with van der Waals surface area (Å²) in [4.78, 5) is 19.3. The molecule has 0 saturated carbocycles. The monoisotopic (exact) mass is 491 g/mol. The van der Waals surface area contributed by atoms with Gasteiger partial charge in [0.25, 0.3) is 0 Å². The molecule has 0 aliphatic carbocycles. The number of benzene rings is 2. The first-order valence-electron chi connectivity index (χ1n) is 12.7. The maximum absolute atomic E-state index is 13.3. The summed E-state index contributed by atoms with van der Waals surface area (Å²) < 4.78 is 25.2. The number of rotatable bonds is 11. The predicted molar refractivity (Wildman–Crippen MR) is 139 cm³/mol. The fourth-order valence-electron chi connectivity index (χ4n) is 4.35. The smallest absolute Gasteiger partial charge is 0.226 e. The lowest BCUT2D eigenvalue weighted by molar-refractivity contribution is -0.120. The van der Waals surface area contributed by atoms with Gasteiger partial charge in [0, 0.05) is 42.2 Å². The molecule has 2 aromatic carbocycles. The van der Waals surface area contributed by atoms with Crippen LogP contribution in [0.1, 0.15) is 37.4 Å². The van der Waals surface area contributed by atoms with E-state index in [9.17, 15) is 9.18 Å². The van der Waals surface area contributed by atoms with Crippen LogP contribution in [0.2, 0.25) is 0 Å². The van der Waals surface area contributed by atoms with E-state index in [1.54, 1.807) is 18.3 Å². The van der Waals surface area contributed by atoms with Crippen molar-refractivity contribution in [1.82, 2.24) is 15.2 Å². The van der Waals surface area contributed by atoms with Crippen LogP contribution in [0.15, 0.2) is 60.8 Å². The van der Waals surface area contributed by atoms with Crippen molar-refractivity contribution in [3.63, 3.8) is 0 Å². The van der Waals surface area contributed by atoms with E-state index in [4.69, 9.17) is 9.47 Å². The zero-order valence-electron chi connectivity index (χ0n) is 20.8. The van der Waals surface area contributed by atoms with Crippen LogP contribution < -0.4 is 14.8 Å². The minimum Gasteiger partial charge on any atom is -0.494 e. The number of amides is 1. The Labute approximate surface area is 212 Å². The highest BCUT2D eigenvalue weighted by Gasteiger charge is 2.13. The Morgan fingerprint density at radius 2 is 1.92 bits per heavy atom. The van der Waals surface area contributed by atoms with Crippen LogP contribution in [0.4, 0.5) is 4.39 Å². The molecule has 1 fully saturated rings. The Bertz CT molecular complexity index is 1130. The first kappa shape index (κ1) is 25.6. The normalized spacial score (nSPS) is 13.8. The van der Waals surface area contributed by atoms with E-state index < -0.39 is 0 Å². The van der Waals surface area contributed by atoms with E-state index in [0.717, 1.165) is 47.8 Å². The van der Waals surface area contributed by atoms with Crippen molar-refractivity contribution in [3.8, 4) is 22.6 Å². The maximum Gasteiger partial charge on any atom is 0.226 e. The molecular formula is C29H34FN3O3. The molecule has 1 aliphatic rings. The molecule has 7 heteroatoms. The molecule has 190 valence electrons. The Morgan fingerprint density at radius 1 is 1.06 bits per heavy atom. The molecule has 1 aromatic heterocycles. The van der Waals surface area contributed by atoms with E-state index >= 15 is 0 Å². The molecule has 1 amide bonds. The second kappa shape index (κ2) is 13.0. The largest absolute Gasteiger partial charge is 0.494 e. The SMILES string of the molecule is CCOc1ccc(-c2ccc(CC(=O)NCc3cccc(F)c3)nc2)c(OCCN2CCCCC2)c1. The number of piperidine rings is 1. The highest BCUT2D eigenvalue weighted by Crippen LogP contribution is 2.33. The molecule has 1 aliphatic heterocycles. The fraction of sp³-hybridized carbons (Fsp3) is 0.379. The summed E-state index contributed by atoms with van der Waals surface area (Å²) >= 11 is 0. The third-order valence-electron chi connectivity index (χ3n) is 6.23. The Balaban J connectivity index is 1.38. The number of nitrogens with zero attached hydrogens (tertiary/aromatic N) is 2. The molecule has 1 N–H and O–H groups in total. The number of hydrogen-bond acceptors (Lipinski definition) is 5. The van der Waals surface area contributed by atoms with Crippen LogP contribution in [-0.2, 0) is 17.8 Å². The summed E-state index contributed by atoms with van der Waals surface area (Å²) in [5.74, 6) is 1.06. The number of aromatic nitrogens is 1. The highest BCUT2D eigenvalue weighted by atomic mass is 19.1. The summed E-state index contributed by atoms with van der Waals surface area (Å²) in [6, 6.07) is 15.9. The van der Waals surface area contributed by atoms with Crippen molar-refractivity contribution >= 4 is 5.91 Å². The topological polar surface area (TPSA) is 63.7 Å². The van der Waals surface area contributed by atoms with Gasteiger partial charge >= 0.3 is 0 Å². The van der Waals surface area contributed by atoms with Crippen LogP contribution in [0.25, 0.3) is 11.1 Å².